The average Bonchev–Trinajstić information content (AvgIpc) is 3.28. The molecule has 0 bridgehead atoms. The van der Waals surface area contributed by atoms with Crippen LogP contribution in [-0.2, 0) is 20.5 Å². The quantitative estimate of drug-likeness (QED) is 0.736. The molecule has 0 aromatic heterocycles. The molecule has 2 aliphatic rings. The van der Waals surface area contributed by atoms with Crippen molar-refractivity contribution in [3.63, 3.8) is 0 Å². The summed E-state index contributed by atoms with van der Waals surface area (Å²) in [5, 5.41) is 4.72. The number of carbonyl (C=O) groups is 2. The largest absolute Gasteiger partial charge is 0.482 e. The maximum absolute atomic E-state index is 13.7. The topological polar surface area (TPSA) is 85.9 Å². The summed E-state index contributed by atoms with van der Waals surface area (Å²) in [4.78, 5) is 24.9. The standard InChI is InChI=1S/C22H21F3N2O5/c1-12-19(32-17-6-3-2-5-16(17)31-12)21(29)27-15-9-8-13(11-14(15)22(23,24)25)26-20(28)18-7-4-10-30-18/h2-3,5-6,8-9,11-12,18-19H,4,7,10H2,1H3,(H,26,28)(H,27,29). The molecule has 4 rings (SSSR count). The molecular formula is C22H21F3N2O5. The van der Waals surface area contributed by atoms with E-state index < -0.39 is 47.6 Å². The molecule has 0 saturated carbocycles. The number of anilines is 2. The van der Waals surface area contributed by atoms with Crippen molar-refractivity contribution >= 4 is 23.2 Å². The van der Waals surface area contributed by atoms with E-state index in [1.807, 2.05) is 0 Å². The summed E-state index contributed by atoms with van der Waals surface area (Å²) in [7, 11) is 0. The Morgan fingerprint density at radius 1 is 1.00 bits per heavy atom. The number of benzene rings is 2. The number of amides is 2. The van der Waals surface area contributed by atoms with Gasteiger partial charge in [-0.05, 0) is 50.1 Å². The summed E-state index contributed by atoms with van der Waals surface area (Å²) < 4.78 is 57.6. The smallest absolute Gasteiger partial charge is 0.418 e. The summed E-state index contributed by atoms with van der Waals surface area (Å²) in [5.74, 6) is -0.512. The van der Waals surface area contributed by atoms with Crippen LogP contribution in [0.5, 0.6) is 11.5 Å². The van der Waals surface area contributed by atoms with Crippen molar-refractivity contribution in [3.05, 3.63) is 48.0 Å². The zero-order valence-electron chi connectivity index (χ0n) is 17.1. The van der Waals surface area contributed by atoms with Gasteiger partial charge >= 0.3 is 6.18 Å². The molecule has 2 amide bonds. The molecule has 0 radical (unpaired) electrons. The number of ether oxygens (including phenoxy) is 3. The number of rotatable bonds is 4. The van der Waals surface area contributed by atoms with Gasteiger partial charge in [0.1, 0.15) is 12.2 Å². The first-order chi connectivity index (χ1) is 15.2. The van der Waals surface area contributed by atoms with Gasteiger partial charge in [0.25, 0.3) is 11.8 Å². The molecule has 1 saturated heterocycles. The predicted molar refractivity (Wildman–Crippen MR) is 109 cm³/mol. The summed E-state index contributed by atoms with van der Waals surface area (Å²) in [6, 6.07) is 9.87. The first-order valence-electron chi connectivity index (χ1n) is 10.1. The van der Waals surface area contributed by atoms with Gasteiger partial charge in [-0.2, -0.15) is 13.2 Å². The number of alkyl halides is 3. The number of carbonyl (C=O) groups excluding carboxylic acids is 2. The minimum absolute atomic E-state index is 0.0460. The van der Waals surface area contributed by atoms with Gasteiger partial charge in [0.2, 0.25) is 6.10 Å². The first kappa shape index (κ1) is 21.9. The molecule has 0 spiro atoms. The molecular weight excluding hydrogens is 429 g/mol. The van der Waals surface area contributed by atoms with E-state index in [1.165, 1.54) is 6.07 Å². The molecule has 2 aromatic rings. The van der Waals surface area contributed by atoms with E-state index in [0.717, 1.165) is 12.1 Å². The second-order valence-corrected chi connectivity index (χ2v) is 7.55. The van der Waals surface area contributed by atoms with Crippen LogP contribution in [0.2, 0.25) is 0 Å². The van der Waals surface area contributed by atoms with Crippen molar-refractivity contribution in [1.29, 1.82) is 0 Å². The Kier molecular flexibility index (Phi) is 5.96. The van der Waals surface area contributed by atoms with Crippen molar-refractivity contribution in [2.45, 2.75) is 44.3 Å². The Morgan fingerprint density at radius 3 is 2.38 bits per heavy atom. The SMILES string of the molecule is CC1Oc2ccccc2OC1C(=O)Nc1ccc(NC(=O)C2CCCO2)cc1C(F)(F)F. The molecule has 1 fully saturated rings. The van der Waals surface area contributed by atoms with Crippen molar-refractivity contribution < 1.29 is 37.0 Å². The minimum atomic E-state index is -4.77. The number of para-hydroxylation sites is 2. The Hall–Kier alpha value is -3.27. The van der Waals surface area contributed by atoms with E-state index in [9.17, 15) is 22.8 Å². The van der Waals surface area contributed by atoms with E-state index in [1.54, 1.807) is 31.2 Å². The molecule has 2 heterocycles. The Balaban J connectivity index is 1.52. The van der Waals surface area contributed by atoms with Crippen LogP contribution in [0.1, 0.15) is 25.3 Å². The molecule has 2 aliphatic heterocycles. The molecule has 32 heavy (non-hydrogen) atoms. The maximum Gasteiger partial charge on any atom is 0.418 e. The lowest BCUT2D eigenvalue weighted by Gasteiger charge is -2.31. The molecule has 2 N–H and O–H groups in total. The van der Waals surface area contributed by atoms with Crippen LogP contribution in [0.15, 0.2) is 42.5 Å². The highest BCUT2D eigenvalue weighted by atomic mass is 19.4. The van der Waals surface area contributed by atoms with Gasteiger partial charge in [-0.3, -0.25) is 9.59 Å². The van der Waals surface area contributed by atoms with Gasteiger partial charge in [0.05, 0.1) is 11.3 Å². The van der Waals surface area contributed by atoms with Crippen LogP contribution >= 0.6 is 0 Å². The van der Waals surface area contributed by atoms with Crippen molar-refractivity contribution in [3.8, 4) is 11.5 Å². The van der Waals surface area contributed by atoms with Crippen LogP contribution in [0.25, 0.3) is 0 Å². The lowest BCUT2D eigenvalue weighted by atomic mass is 10.1. The monoisotopic (exact) mass is 450 g/mol. The fourth-order valence-corrected chi connectivity index (χ4v) is 3.58. The van der Waals surface area contributed by atoms with Gasteiger partial charge in [0, 0.05) is 12.3 Å². The highest BCUT2D eigenvalue weighted by molar-refractivity contribution is 5.97. The Bertz CT molecular complexity index is 1020. The van der Waals surface area contributed by atoms with Gasteiger partial charge in [-0.1, -0.05) is 12.1 Å². The lowest BCUT2D eigenvalue weighted by Crippen LogP contribution is -2.46. The summed E-state index contributed by atoms with van der Waals surface area (Å²) >= 11 is 0. The Morgan fingerprint density at radius 2 is 1.72 bits per heavy atom. The van der Waals surface area contributed by atoms with Crippen molar-refractivity contribution in [2.75, 3.05) is 17.2 Å². The van der Waals surface area contributed by atoms with E-state index >= 15 is 0 Å². The molecule has 7 nitrogen and oxygen atoms in total. The Labute approximate surface area is 181 Å². The highest BCUT2D eigenvalue weighted by Gasteiger charge is 2.38. The number of fused-ring (bicyclic) bond motifs is 1. The van der Waals surface area contributed by atoms with E-state index in [0.29, 0.717) is 30.9 Å². The van der Waals surface area contributed by atoms with Crippen LogP contribution in [0.3, 0.4) is 0 Å². The van der Waals surface area contributed by atoms with Crippen LogP contribution < -0.4 is 20.1 Å². The van der Waals surface area contributed by atoms with Crippen LogP contribution in [0, 0.1) is 0 Å². The van der Waals surface area contributed by atoms with Gasteiger partial charge in [-0.15, -0.1) is 0 Å². The average molecular weight is 450 g/mol. The first-order valence-corrected chi connectivity index (χ1v) is 10.1. The normalized spacial score (nSPS) is 22.3. The van der Waals surface area contributed by atoms with Crippen molar-refractivity contribution in [2.24, 2.45) is 0 Å². The summed E-state index contributed by atoms with van der Waals surface area (Å²) in [6.07, 6.45) is -6.09. The fraction of sp³-hybridized carbons (Fsp3) is 0.364. The predicted octanol–water partition coefficient (Wildman–Crippen LogP) is 3.99. The molecule has 3 atom stereocenters. The lowest BCUT2D eigenvalue weighted by molar-refractivity contribution is -0.137. The zero-order valence-corrected chi connectivity index (χ0v) is 17.1. The van der Waals surface area contributed by atoms with Crippen molar-refractivity contribution in [1.82, 2.24) is 0 Å². The molecule has 3 unspecified atom stereocenters. The van der Waals surface area contributed by atoms with Gasteiger partial charge < -0.3 is 24.8 Å². The summed E-state index contributed by atoms with van der Waals surface area (Å²) in [6.45, 7) is 2.03. The van der Waals surface area contributed by atoms with E-state index in [4.69, 9.17) is 14.2 Å². The molecule has 2 aromatic carbocycles. The third-order valence-electron chi connectivity index (χ3n) is 5.17. The third kappa shape index (κ3) is 4.64. The number of hydrogen-bond acceptors (Lipinski definition) is 5. The molecule has 170 valence electrons. The van der Waals surface area contributed by atoms with Crippen LogP contribution in [0.4, 0.5) is 24.5 Å². The van der Waals surface area contributed by atoms with Gasteiger partial charge in [-0.25, -0.2) is 0 Å². The molecule has 0 aliphatic carbocycles. The number of halogens is 3. The second-order valence-electron chi connectivity index (χ2n) is 7.55. The van der Waals surface area contributed by atoms with Gasteiger partial charge in [0.15, 0.2) is 11.5 Å². The third-order valence-corrected chi connectivity index (χ3v) is 5.17. The zero-order chi connectivity index (χ0) is 22.9. The highest BCUT2D eigenvalue weighted by Crippen LogP contribution is 2.38. The van der Waals surface area contributed by atoms with Crippen LogP contribution in [-0.4, -0.2) is 36.7 Å². The maximum atomic E-state index is 13.7. The summed E-state index contributed by atoms with van der Waals surface area (Å²) in [5.41, 5.74) is -1.59. The molecule has 10 heteroatoms. The fourth-order valence-electron chi connectivity index (χ4n) is 3.58. The minimum Gasteiger partial charge on any atom is -0.482 e. The van der Waals surface area contributed by atoms with E-state index in [2.05, 4.69) is 10.6 Å². The second kappa shape index (κ2) is 8.70. The number of nitrogens with one attached hydrogen (secondary N) is 2. The van der Waals surface area contributed by atoms with E-state index in [-0.39, 0.29) is 5.69 Å². The number of hydrogen-bond donors (Lipinski definition) is 2.